The van der Waals surface area contributed by atoms with E-state index in [-0.39, 0.29) is 63.4 Å². The molecule has 0 saturated carbocycles. The molecule has 42 heavy (non-hydrogen) atoms. The lowest BCUT2D eigenvalue weighted by Crippen LogP contribution is -2.64. The van der Waals surface area contributed by atoms with E-state index in [0.29, 0.717) is 5.56 Å². The summed E-state index contributed by atoms with van der Waals surface area (Å²) in [5.74, 6) is -1.56. The van der Waals surface area contributed by atoms with Crippen LogP contribution in [0.15, 0.2) is 54.6 Å². The minimum Gasteiger partial charge on any atom is -0.467 e. The smallest absolute Gasteiger partial charge is 0.410 e. The number of carbonyl (C=O) groups excluding carboxylic acids is 5. The first-order chi connectivity index (χ1) is 19.9. The van der Waals surface area contributed by atoms with Crippen LogP contribution in [-0.2, 0) is 36.8 Å². The number of nitrogens with one attached hydrogen (secondary N) is 1. The molecule has 0 aliphatic carbocycles. The number of likely N-dealkylation sites (tertiary alicyclic amines) is 1. The standard InChI is InChI=1S/C32H39N3O7/c1-31(2,3)42-30(40)34-18-16-32(17-19-34,29(39)41-4)33-28(38)25-20-23-12-8-9-13-24(23)21-35(25)27(37)15-14-26(36)22-10-6-5-7-11-22/h5-13,25H,14-21H2,1-4H3,(H,33,38)/t25-/m0/s1. The van der Waals surface area contributed by atoms with E-state index in [0.717, 1.165) is 11.1 Å². The van der Waals surface area contributed by atoms with Gasteiger partial charge in [0.25, 0.3) is 0 Å². The van der Waals surface area contributed by atoms with E-state index in [1.165, 1.54) is 16.9 Å². The van der Waals surface area contributed by atoms with Crippen LogP contribution in [0.3, 0.4) is 0 Å². The molecule has 1 N–H and O–H groups in total. The van der Waals surface area contributed by atoms with E-state index in [2.05, 4.69) is 5.32 Å². The number of ether oxygens (including phenoxy) is 2. The minimum atomic E-state index is -1.36. The van der Waals surface area contributed by atoms with Crippen molar-refractivity contribution in [3.8, 4) is 0 Å². The summed E-state index contributed by atoms with van der Waals surface area (Å²) in [6.45, 7) is 5.91. The summed E-state index contributed by atoms with van der Waals surface area (Å²) in [5, 5.41) is 2.91. The average molecular weight is 578 g/mol. The van der Waals surface area contributed by atoms with Gasteiger partial charge in [-0.2, -0.15) is 0 Å². The molecule has 2 aliphatic heterocycles. The summed E-state index contributed by atoms with van der Waals surface area (Å²) < 4.78 is 10.6. The summed E-state index contributed by atoms with van der Waals surface area (Å²) >= 11 is 0. The van der Waals surface area contributed by atoms with Crippen molar-refractivity contribution in [3.05, 3.63) is 71.3 Å². The summed E-state index contributed by atoms with van der Waals surface area (Å²) in [6.07, 6.45) is 0.00930. The quantitative estimate of drug-likeness (QED) is 0.394. The fourth-order valence-electron chi connectivity index (χ4n) is 5.44. The van der Waals surface area contributed by atoms with Crippen molar-refractivity contribution in [2.45, 2.75) is 76.6 Å². The van der Waals surface area contributed by atoms with E-state index in [9.17, 15) is 24.0 Å². The van der Waals surface area contributed by atoms with Gasteiger partial charge in [-0.15, -0.1) is 0 Å². The number of hydrogen-bond donors (Lipinski definition) is 1. The second kappa shape index (κ2) is 12.8. The van der Waals surface area contributed by atoms with Gasteiger partial charge in [-0.25, -0.2) is 9.59 Å². The van der Waals surface area contributed by atoms with Crippen molar-refractivity contribution in [2.24, 2.45) is 0 Å². The highest BCUT2D eigenvalue weighted by molar-refractivity contribution is 5.99. The molecule has 4 rings (SSSR count). The van der Waals surface area contributed by atoms with Gasteiger partial charge in [0.2, 0.25) is 11.8 Å². The highest BCUT2D eigenvalue weighted by atomic mass is 16.6. The molecule has 1 atom stereocenters. The van der Waals surface area contributed by atoms with Crippen molar-refractivity contribution in [3.63, 3.8) is 0 Å². The van der Waals surface area contributed by atoms with Gasteiger partial charge in [0.05, 0.1) is 7.11 Å². The fourth-order valence-corrected chi connectivity index (χ4v) is 5.44. The zero-order valence-electron chi connectivity index (χ0n) is 24.7. The van der Waals surface area contributed by atoms with Crippen LogP contribution >= 0.6 is 0 Å². The number of ketones is 1. The Kier molecular flexibility index (Phi) is 9.33. The van der Waals surface area contributed by atoms with Crippen LogP contribution in [0.2, 0.25) is 0 Å². The van der Waals surface area contributed by atoms with Crippen molar-refractivity contribution in [1.82, 2.24) is 15.1 Å². The normalized spacial score (nSPS) is 18.0. The number of methoxy groups -OCH3 is 1. The summed E-state index contributed by atoms with van der Waals surface area (Å²) in [7, 11) is 1.26. The number of nitrogens with zero attached hydrogens (tertiary/aromatic N) is 2. The predicted molar refractivity (Wildman–Crippen MR) is 154 cm³/mol. The van der Waals surface area contributed by atoms with Crippen molar-refractivity contribution in [1.29, 1.82) is 0 Å². The Morgan fingerprint density at radius 2 is 1.52 bits per heavy atom. The number of hydrogen-bond acceptors (Lipinski definition) is 7. The molecule has 0 unspecified atom stereocenters. The fraction of sp³-hybridized carbons (Fsp3) is 0.469. The van der Waals surface area contributed by atoms with E-state index in [1.807, 2.05) is 30.3 Å². The molecule has 224 valence electrons. The van der Waals surface area contributed by atoms with E-state index < -0.39 is 35.2 Å². The van der Waals surface area contributed by atoms with Gasteiger partial charge in [0, 0.05) is 44.5 Å². The molecule has 0 radical (unpaired) electrons. The Bertz CT molecular complexity index is 1330. The number of fused-ring (bicyclic) bond motifs is 1. The molecule has 1 fully saturated rings. The average Bonchev–Trinajstić information content (AvgIpc) is 2.98. The van der Waals surface area contributed by atoms with Gasteiger partial charge in [-0.3, -0.25) is 14.4 Å². The number of Topliss-reactive ketones (excluding diaryl/α,β-unsaturated/α-hetero) is 1. The molecule has 0 spiro atoms. The second-order valence-electron chi connectivity index (χ2n) is 11.8. The van der Waals surface area contributed by atoms with E-state index in [4.69, 9.17) is 9.47 Å². The first-order valence-corrected chi connectivity index (χ1v) is 14.3. The number of piperidine rings is 1. The van der Waals surface area contributed by atoms with Crippen LogP contribution in [-0.4, -0.2) is 76.8 Å². The van der Waals surface area contributed by atoms with Crippen molar-refractivity contribution >= 4 is 29.7 Å². The topological polar surface area (TPSA) is 122 Å². The van der Waals surface area contributed by atoms with Gasteiger partial charge in [-0.1, -0.05) is 54.6 Å². The third-order valence-electron chi connectivity index (χ3n) is 7.74. The maximum Gasteiger partial charge on any atom is 0.410 e. The molecule has 0 aromatic heterocycles. The lowest BCUT2D eigenvalue weighted by atomic mass is 9.86. The summed E-state index contributed by atoms with van der Waals surface area (Å²) in [4.78, 5) is 68.7. The Hall–Kier alpha value is -4.21. The highest BCUT2D eigenvalue weighted by Crippen LogP contribution is 2.29. The Balaban J connectivity index is 1.50. The van der Waals surface area contributed by atoms with Crippen LogP contribution in [0.1, 0.15) is 67.9 Å². The molecule has 2 aliphatic rings. The van der Waals surface area contributed by atoms with Gasteiger partial charge < -0.3 is 24.6 Å². The van der Waals surface area contributed by atoms with Gasteiger partial charge in [0.1, 0.15) is 17.2 Å². The Morgan fingerprint density at radius 3 is 2.14 bits per heavy atom. The number of benzene rings is 2. The monoisotopic (exact) mass is 577 g/mol. The number of esters is 1. The molecule has 10 nitrogen and oxygen atoms in total. The largest absolute Gasteiger partial charge is 0.467 e. The molecule has 3 amide bonds. The Morgan fingerprint density at radius 1 is 0.905 bits per heavy atom. The maximum absolute atomic E-state index is 13.9. The zero-order valence-corrected chi connectivity index (χ0v) is 24.7. The number of amides is 3. The molecule has 2 aromatic rings. The highest BCUT2D eigenvalue weighted by Gasteiger charge is 2.47. The lowest BCUT2D eigenvalue weighted by molar-refractivity contribution is -0.155. The summed E-state index contributed by atoms with van der Waals surface area (Å²) in [6, 6.07) is 15.5. The van der Waals surface area contributed by atoms with E-state index >= 15 is 0 Å². The number of rotatable bonds is 7. The molecular weight excluding hydrogens is 538 g/mol. The minimum absolute atomic E-state index is 0.0158. The maximum atomic E-state index is 13.9. The van der Waals surface area contributed by atoms with Gasteiger partial charge in [-0.05, 0) is 44.7 Å². The molecule has 2 heterocycles. The predicted octanol–water partition coefficient (Wildman–Crippen LogP) is 3.66. The van der Waals surface area contributed by atoms with Crippen molar-refractivity contribution in [2.75, 3.05) is 20.2 Å². The molecule has 2 aromatic carbocycles. The van der Waals surface area contributed by atoms with E-state index in [1.54, 1.807) is 45.0 Å². The van der Waals surface area contributed by atoms with Gasteiger partial charge in [0.15, 0.2) is 5.78 Å². The van der Waals surface area contributed by atoms with Crippen LogP contribution in [0.4, 0.5) is 4.79 Å². The second-order valence-corrected chi connectivity index (χ2v) is 11.8. The zero-order chi connectivity index (χ0) is 30.5. The van der Waals surface area contributed by atoms with Crippen molar-refractivity contribution < 1.29 is 33.4 Å². The SMILES string of the molecule is COC(=O)C1(NC(=O)[C@@H]2Cc3ccccc3CN2C(=O)CCC(=O)c2ccccc2)CCN(C(=O)OC(C)(C)C)CC1. The molecular formula is C32H39N3O7. The van der Waals surface area contributed by atoms with Crippen LogP contribution in [0, 0.1) is 0 Å². The van der Waals surface area contributed by atoms with Crippen LogP contribution in [0.25, 0.3) is 0 Å². The summed E-state index contributed by atoms with van der Waals surface area (Å²) in [5.41, 5.74) is 0.369. The molecule has 0 bridgehead atoms. The molecule has 1 saturated heterocycles. The third kappa shape index (κ3) is 7.16. The lowest BCUT2D eigenvalue weighted by Gasteiger charge is -2.42. The first kappa shape index (κ1) is 30.7. The van der Waals surface area contributed by atoms with Crippen LogP contribution in [0.5, 0.6) is 0 Å². The number of carbonyl (C=O) groups is 5. The first-order valence-electron chi connectivity index (χ1n) is 14.3. The third-order valence-corrected chi connectivity index (χ3v) is 7.74. The Labute approximate surface area is 246 Å². The van der Waals surface area contributed by atoms with Crippen LogP contribution < -0.4 is 5.32 Å². The van der Waals surface area contributed by atoms with Gasteiger partial charge >= 0.3 is 12.1 Å². The molecule has 10 heteroatoms.